The van der Waals surface area contributed by atoms with Gasteiger partial charge in [0.25, 0.3) is 5.91 Å². The average Bonchev–Trinajstić information content (AvgIpc) is 3.20. The van der Waals surface area contributed by atoms with Crippen LogP contribution in [-0.2, 0) is 24.3 Å². The number of aromatic nitrogens is 3. The number of carbonyl (C=O) groups is 2. The Morgan fingerprint density at radius 3 is 2.47 bits per heavy atom. The van der Waals surface area contributed by atoms with Crippen LogP contribution in [0.15, 0.2) is 30.5 Å². The number of hydrogen-bond donors (Lipinski definition) is 2. The number of carbonyl (C=O) groups excluding carboxylic acids is 2. The lowest BCUT2D eigenvalue weighted by molar-refractivity contribution is -0.121. The molecule has 170 valence electrons. The highest BCUT2D eigenvalue weighted by Crippen LogP contribution is 2.18. The minimum Gasteiger partial charge on any atom is -0.365 e. The van der Waals surface area contributed by atoms with Gasteiger partial charge in [-0.2, -0.15) is 5.10 Å². The number of nitrogens with one attached hydrogen (secondary N) is 1. The first kappa shape index (κ1) is 23.4. The molecule has 0 fully saturated rings. The summed E-state index contributed by atoms with van der Waals surface area (Å²) in [5.74, 6) is -0.570. The van der Waals surface area contributed by atoms with Crippen molar-refractivity contribution in [3.05, 3.63) is 64.1 Å². The molecule has 2 aromatic heterocycles. The molecule has 32 heavy (non-hydrogen) atoms. The van der Waals surface area contributed by atoms with E-state index in [0.717, 1.165) is 42.1 Å². The maximum absolute atomic E-state index is 12.6. The molecule has 8 heteroatoms. The Kier molecular flexibility index (Phi) is 7.58. The first-order valence-electron chi connectivity index (χ1n) is 11.0. The number of primary amides is 1. The normalized spacial score (nSPS) is 11.3. The summed E-state index contributed by atoms with van der Waals surface area (Å²) in [5, 5.41) is 7.29. The molecule has 3 aromatic rings. The summed E-state index contributed by atoms with van der Waals surface area (Å²) in [7, 11) is 0. The first-order valence-corrected chi connectivity index (χ1v) is 11.0. The second kappa shape index (κ2) is 10.4. The SMILES string of the molecule is CCN(CC)Cc1ccccc1CNC(=O)CCc1c(C)nc2c(C(N)=O)cnn2c1C. The summed E-state index contributed by atoms with van der Waals surface area (Å²) in [4.78, 5) is 31.0. The predicted octanol–water partition coefficient (Wildman–Crippen LogP) is 2.54. The van der Waals surface area contributed by atoms with E-state index in [0.29, 0.717) is 30.6 Å². The molecule has 2 heterocycles. The molecule has 0 aliphatic carbocycles. The van der Waals surface area contributed by atoms with E-state index in [1.165, 1.54) is 11.8 Å². The maximum Gasteiger partial charge on any atom is 0.254 e. The van der Waals surface area contributed by atoms with Crippen LogP contribution >= 0.6 is 0 Å². The molecule has 8 nitrogen and oxygen atoms in total. The van der Waals surface area contributed by atoms with E-state index in [1.54, 1.807) is 4.52 Å². The first-order chi connectivity index (χ1) is 15.3. The number of benzene rings is 1. The lowest BCUT2D eigenvalue weighted by atomic mass is 10.1. The van der Waals surface area contributed by atoms with Crippen molar-refractivity contribution >= 4 is 17.5 Å². The highest BCUT2D eigenvalue weighted by molar-refractivity contribution is 5.98. The molecular formula is C24H32N6O2. The van der Waals surface area contributed by atoms with Gasteiger partial charge in [-0.05, 0) is 50.0 Å². The lowest BCUT2D eigenvalue weighted by Gasteiger charge is -2.20. The van der Waals surface area contributed by atoms with E-state index in [-0.39, 0.29) is 5.91 Å². The Bertz CT molecular complexity index is 1120. The highest BCUT2D eigenvalue weighted by atomic mass is 16.1. The van der Waals surface area contributed by atoms with Crippen molar-refractivity contribution in [2.75, 3.05) is 13.1 Å². The molecule has 2 amide bonds. The third kappa shape index (κ3) is 5.13. The smallest absolute Gasteiger partial charge is 0.254 e. The zero-order valence-electron chi connectivity index (χ0n) is 19.3. The average molecular weight is 437 g/mol. The number of amides is 2. The van der Waals surface area contributed by atoms with E-state index in [9.17, 15) is 9.59 Å². The van der Waals surface area contributed by atoms with Gasteiger partial charge in [0.15, 0.2) is 5.65 Å². The summed E-state index contributed by atoms with van der Waals surface area (Å²) in [6.45, 7) is 11.5. The molecule has 0 radical (unpaired) electrons. The van der Waals surface area contributed by atoms with Gasteiger partial charge in [0.2, 0.25) is 5.91 Å². The van der Waals surface area contributed by atoms with E-state index >= 15 is 0 Å². The van der Waals surface area contributed by atoms with Gasteiger partial charge in [-0.15, -0.1) is 0 Å². The lowest BCUT2D eigenvalue weighted by Crippen LogP contribution is -2.26. The number of aryl methyl sites for hydroxylation is 2. The molecule has 0 bridgehead atoms. The standard InChI is InChI=1S/C24H32N6O2/c1-5-29(6-2)15-19-10-8-7-9-18(19)13-26-22(31)12-11-20-16(3)28-24-21(23(25)32)14-27-30(24)17(20)4/h7-10,14H,5-6,11-13,15H2,1-4H3,(H2,25,32)(H,26,31). The summed E-state index contributed by atoms with van der Waals surface area (Å²) in [6.07, 6.45) is 2.32. The van der Waals surface area contributed by atoms with Crippen molar-refractivity contribution in [1.29, 1.82) is 0 Å². The van der Waals surface area contributed by atoms with Crippen molar-refractivity contribution in [2.45, 2.75) is 53.6 Å². The fourth-order valence-electron chi connectivity index (χ4n) is 3.94. The second-order valence-electron chi connectivity index (χ2n) is 7.93. The van der Waals surface area contributed by atoms with Crippen LogP contribution in [0.25, 0.3) is 5.65 Å². The molecule has 0 unspecified atom stereocenters. The van der Waals surface area contributed by atoms with Crippen LogP contribution in [-0.4, -0.2) is 44.4 Å². The van der Waals surface area contributed by atoms with Gasteiger partial charge in [0.05, 0.1) is 6.20 Å². The van der Waals surface area contributed by atoms with E-state index in [1.807, 2.05) is 26.0 Å². The number of nitrogens with zero attached hydrogens (tertiary/aromatic N) is 4. The molecule has 3 N–H and O–H groups in total. The summed E-state index contributed by atoms with van der Waals surface area (Å²) < 4.78 is 1.61. The Morgan fingerprint density at radius 1 is 1.12 bits per heavy atom. The van der Waals surface area contributed by atoms with Gasteiger partial charge < -0.3 is 11.1 Å². The van der Waals surface area contributed by atoms with Crippen LogP contribution < -0.4 is 11.1 Å². The molecule has 0 saturated carbocycles. The van der Waals surface area contributed by atoms with E-state index in [2.05, 4.69) is 46.3 Å². The van der Waals surface area contributed by atoms with Crippen molar-refractivity contribution in [2.24, 2.45) is 5.73 Å². The molecule has 1 aromatic carbocycles. The van der Waals surface area contributed by atoms with Gasteiger partial charge >= 0.3 is 0 Å². The Balaban J connectivity index is 1.65. The topological polar surface area (TPSA) is 106 Å². The van der Waals surface area contributed by atoms with Crippen LogP contribution in [0.3, 0.4) is 0 Å². The van der Waals surface area contributed by atoms with Crippen molar-refractivity contribution in [1.82, 2.24) is 24.8 Å². The summed E-state index contributed by atoms with van der Waals surface area (Å²) in [6, 6.07) is 8.24. The molecule has 0 saturated heterocycles. The third-order valence-corrected chi connectivity index (χ3v) is 5.96. The van der Waals surface area contributed by atoms with Crippen LogP contribution in [0.5, 0.6) is 0 Å². The van der Waals surface area contributed by atoms with Crippen molar-refractivity contribution < 1.29 is 9.59 Å². The molecule has 3 rings (SSSR count). The number of rotatable bonds is 10. The zero-order chi connectivity index (χ0) is 23.3. The fraction of sp³-hybridized carbons (Fsp3) is 0.417. The van der Waals surface area contributed by atoms with Crippen LogP contribution in [0, 0.1) is 13.8 Å². The number of nitrogens with two attached hydrogens (primary N) is 1. The van der Waals surface area contributed by atoms with Gasteiger partial charge in [0.1, 0.15) is 5.56 Å². The van der Waals surface area contributed by atoms with Crippen LogP contribution in [0.2, 0.25) is 0 Å². The van der Waals surface area contributed by atoms with Crippen LogP contribution in [0.4, 0.5) is 0 Å². The Labute approximate surface area is 188 Å². The highest BCUT2D eigenvalue weighted by Gasteiger charge is 2.17. The number of fused-ring (bicyclic) bond motifs is 1. The number of hydrogen-bond acceptors (Lipinski definition) is 5. The van der Waals surface area contributed by atoms with Gasteiger partial charge in [-0.25, -0.2) is 9.50 Å². The monoisotopic (exact) mass is 436 g/mol. The molecule has 0 spiro atoms. The second-order valence-corrected chi connectivity index (χ2v) is 7.93. The van der Waals surface area contributed by atoms with Crippen molar-refractivity contribution in [3.63, 3.8) is 0 Å². The molecule has 0 aliphatic rings. The van der Waals surface area contributed by atoms with E-state index in [4.69, 9.17) is 5.73 Å². The zero-order valence-corrected chi connectivity index (χ0v) is 19.3. The largest absolute Gasteiger partial charge is 0.365 e. The van der Waals surface area contributed by atoms with Crippen molar-refractivity contribution in [3.8, 4) is 0 Å². The predicted molar refractivity (Wildman–Crippen MR) is 124 cm³/mol. The maximum atomic E-state index is 12.6. The molecule has 0 atom stereocenters. The van der Waals surface area contributed by atoms with E-state index < -0.39 is 5.91 Å². The minimum atomic E-state index is -0.556. The Morgan fingerprint density at radius 2 is 1.81 bits per heavy atom. The van der Waals surface area contributed by atoms with Gasteiger partial charge in [-0.3, -0.25) is 14.5 Å². The summed E-state index contributed by atoms with van der Waals surface area (Å²) in [5.41, 5.74) is 11.1. The fourth-order valence-corrected chi connectivity index (χ4v) is 3.94. The molecular weight excluding hydrogens is 404 g/mol. The Hall–Kier alpha value is -3.26. The molecule has 0 aliphatic heterocycles. The van der Waals surface area contributed by atoms with Gasteiger partial charge in [-0.1, -0.05) is 38.1 Å². The minimum absolute atomic E-state index is 0.0140. The quantitative estimate of drug-likeness (QED) is 0.508. The third-order valence-electron chi connectivity index (χ3n) is 5.96. The summed E-state index contributed by atoms with van der Waals surface area (Å²) >= 11 is 0. The van der Waals surface area contributed by atoms with Crippen LogP contribution in [0.1, 0.15) is 58.7 Å². The van der Waals surface area contributed by atoms with Gasteiger partial charge in [0, 0.05) is 30.9 Å².